The van der Waals surface area contributed by atoms with Gasteiger partial charge in [-0.2, -0.15) is 0 Å². The zero-order chi connectivity index (χ0) is 14.3. The van der Waals surface area contributed by atoms with Crippen molar-refractivity contribution in [3.8, 4) is 5.75 Å². The van der Waals surface area contributed by atoms with E-state index >= 15 is 0 Å². The van der Waals surface area contributed by atoms with Crippen LogP contribution in [0.2, 0.25) is 10.0 Å². The van der Waals surface area contributed by atoms with Crippen LogP contribution in [0.4, 0.5) is 0 Å². The number of ether oxygens (including phenoxy) is 1. The summed E-state index contributed by atoms with van der Waals surface area (Å²) >= 11 is 12.1. The van der Waals surface area contributed by atoms with Gasteiger partial charge in [-0.3, -0.25) is 4.79 Å². The Hall–Kier alpha value is -1.26. The lowest BCUT2D eigenvalue weighted by atomic mass is 9.96. The first-order valence-corrected chi connectivity index (χ1v) is 6.50. The topological polar surface area (TPSA) is 63.6 Å². The van der Waals surface area contributed by atoms with E-state index in [2.05, 4.69) is 0 Å². The number of hydrogen-bond donors (Lipinski definition) is 1. The van der Waals surface area contributed by atoms with Crippen LogP contribution in [0.3, 0.4) is 0 Å². The summed E-state index contributed by atoms with van der Waals surface area (Å²) in [6, 6.07) is 1.61. The van der Waals surface area contributed by atoms with Crippen molar-refractivity contribution in [1.29, 1.82) is 0 Å². The lowest BCUT2D eigenvalue weighted by molar-refractivity contribution is -0.139. The molecule has 0 bridgehead atoms. The summed E-state index contributed by atoms with van der Waals surface area (Å²) in [5.41, 5.74) is 1.18. The lowest BCUT2D eigenvalue weighted by Crippen LogP contribution is -2.10. The molecule has 0 radical (unpaired) electrons. The number of carboxylic acid groups (broad SMARTS) is 1. The third-order valence-corrected chi connectivity index (χ3v) is 4.31. The number of carboxylic acids is 1. The fourth-order valence-electron chi connectivity index (χ4n) is 2.20. The van der Waals surface area contributed by atoms with Crippen molar-refractivity contribution in [2.45, 2.75) is 19.8 Å². The number of halogens is 2. The molecule has 6 heteroatoms. The lowest BCUT2D eigenvalue weighted by Gasteiger charge is -2.12. The number of carbonyl (C=O) groups is 2. The highest BCUT2D eigenvalue weighted by Gasteiger charge is 2.37. The molecule has 0 unspecified atom stereocenters. The molecule has 2 rings (SSSR count). The van der Waals surface area contributed by atoms with Crippen molar-refractivity contribution in [2.24, 2.45) is 5.92 Å². The number of carbonyl (C=O) groups excluding carboxylic acids is 1. The van der Waals surface area contributed by atoms with Gasteiger partial charge in [-0.25, -0.2) is 4.79 Å². The molecule has 1 aromatic rings. The Morgan fingerprint density at radius 1 is 1.32 bits per heavy atom. The van der Waals surface area contributed by atoms with Gasteiger partial charge in [-0.15, -0.1) is 0 Å². The highest BCUT2D eigenvalue weighted by atomic mass is 35.5. The minimum atomic E-state index is -1.11. The molecule has 1 aliphatic rings. The summed E-state index contributed by atoms with van der Waals surface area (Å²) in [6.07, 6.45) is 0. The Kier molecular flexibility index (Phi) is 3.74. The van der Waals surface area contributed by atoms with Crippen LogP contribution in [0.5, 0.6) is 5.75 Å². The summed E-state index contributed by atoms with van der Waals surface area (Å²) in [4.78, 5) is 22.6. The molecule has 0 saturated heterocycles. The van der Waals surface area contributed by atoms with Gasteiger partial charge in [0.15, 0.2) is 12.4 Å². The molecule has 4 nitrogen and oxygen atoms in total. The maximum atomic E-state index is 12.1. The van der Waals surface area contributed by atoms with Crippen LogP contribution >= 0.6 is 23.2 Å². The third-order valence-electron chi connectivity index (χ3n) is 3.46. The van der Waals surface area contributed by atoms with E-state index in [-0.39, 0.29) is 33.4 Å². The standard InChI is InChI=1S/C13H12Cl2O4/c1-5-6(2)13(18)10-7(5)3-8(11(14)12(10)15)19-4-9(16)17/h3,5-6H,4H2,1-2H3,(H,16,17)/t5-,6+/m1/s1. The summed E-state index contributed by atoms with van der Waals surface area (Å²) in [7, 11) is 0. The third kappa shape index (κ3) is 2.30. The summed E-state index contributed by atoms with van der Waals surface area (Å²) in [5.74, 6) is -1.12. The number of rotatable bonds is 3. The second-order valence-corrected chi connectivity index (χ2v) is 5.35. The van der Waals surface area contributed by atoms with E-state index in [9.17, 15) is 9.59 Å². The van der Waals surface area contributed by atoms with E-state index in [0.717, 1.165) is 5.56 Å². The van der Waals surface area contributed by atoms with Gasteiger partial charge in [0.2, 0.25) is 0 Å². The first kappa shape index (κ1) is 14.2. The van der Waals surface area contributed by atoms with E-state index in [1.165, 1.54) is 0 Å². The van der Waals surface area contributed by atoms with Crippen LogP contribution < -0.4 is 4.74 Å². The van der Waals surface area contributed by atoms with Crippen molar-refractivity contribution in [1.82, 2.24) is 0 Å². The van der Waals surface area contributed by atoms with Crippen LogP contribution in [0, 0.1) is 5.92 Å². The number of fused-ring (bicyclic) bond motifs is 1. The van der Waals surface area contributed by atoms with Gasteiger partial charge in [-0.1, -0.05) is 37.0 Å². The summed E-state index contributed by atoms with van der Waals surface area (Å²) < 4.78 is 5.10. The Bertz CT molecular complexity index is 568. The molecular formula is C13H12Cl2O4. The van der Waals surface area contributed by atoms with E-state index in [4.69, 9.17) is 33.0 Å². The molecule has 0 aliphatic heterocycles. The second-order valence-electron chi connectivity index (χ2n) is 4.59. The van der Waals surface area contributed by atoms with Crippen molar-refractivity contribution >= 4 is 35.0 Å². The molecule has 2 atom stereocenters. The van der Waals surface area contributed by atoms with Crippen LogP contribution in [0.25, 0.3) is 0 Å². The maximum Gasteiger partial charge on any atom is 0.341 e. The van der Waals surface area contributed by atoms with Crippen LogP contribution in [-0.2, 0) is 4.79 Å². The molecule has 102 valence electrons. The van der Waals surface area contributed by atoms with Gasteiger partial charge >= 0.3 is 5.97 Å². The van der Waals surface area contributed by atoms with Gasteiger partial charge in [0.05, 0.1) is 5.02 Å². The van der Waals surface area contributed by atoms with Crippen molar-refractivity contribution in [2.75, 3.05) is 6.61 Å². The predicted molar refractivity (Wildman–Crippen MR) is 71.5 cm³/mol. The highest BCUT2D eigenvalue weighted by molar-refractivity contribution is 6.45. The Labute approximate surface area is 120 Å². The number of benzene rings is 1. The highest BCUT2D eigenvalue weighted by Crippen LogP contribution is 2.46. The Morgan fingerprint density at radius 2 is 1.95 bits per heavy atom. The summed E-state index contributed by atoms with van der Waals surface area (Å²) in [5, 5.41) is 8.83. The predicted octanol–water partition coefficient (Wildman–Crippen LogP) is 3.39. The molecular weight excluding hydrogens is 291 g/mol. The zero-order valence-corrected chi connectivity index (χ0v) is 11.9. The van der Waals surface area contributed by atoms with Gasteiger partial charge in [0, 0.05) is 11.5 Å². The first-order chi connectivity index (χ1) is 8.84. The van der Waals surface area contributed by atoms with Gasteiger partial charge in [-0.05, 0) is 17.5 Å². The van der Waals surface area contributed by atoms with Gasteiger partial charge in [0.25, 0.3) is 0 Å². The minimum absolute atomic E-state index is 0.00412. The average molecular weight is 303 g/mol. The molecule has 0 saturated carbocycles. The molecule has 0 fully saturated rings. The molecule has 1 N–H and O–H groups in total. The van der Waals surface area contributed by atoms with E-state index < -0.39 is 12.6 Å². The van der Waals surface area contributed by atoms with E-state index in [1.807, 2.05) is 13.8 Å². The number of ketones is 1. The van der Waals surface area contributed by atoms with Crippen LogP contribution in [-0.4, -0.2) is 23.5 Å². The smallest absolute Gasteiger partial charge is 0.341 e. The first-order valence-electron chi connectivity index (χ1n) is 5.75. The monoisotopic (exact) mass is 302 g/mol. The average Bonchev–Trinajstić information content (AvgIpc) is 2.57. The zero-order valence-electron chi connectivity index (χ0n) is 10.4. The van der Waals surface area contributed by atoms with Gasteiger partial charge in [0.1, 0.15) is 10.8 Å². The Balaban J connectivity index is 2.49. The van der Waals surface area contributed by atoms with Crippen LogP contribution in [0.1, 0.15) is 35.7 Å². The normalized spacial score (nSPS) is 21.4. The van der Waals surface area contributed by atoms with E-state index in [0.29, 0.717) is 5.56 Å². The maximum absolute atomic E-state index is 12.1. The van der Waals surface area contributed by atoms with Gasteiger partial charge < -0.3 is 9.84 Å². The molecule has 1 aliphatic carbocycles. The Morgan fingerprint density at radius 3 is 2.53 bits per heavy atom. The number of hydrogen-bond acceptors (Lipinski definition) is 3. The quantitative estimate of drug-likeness (QED) is 0.929. The van der Waals surface area contributed by atoms with Crippen molar-refractivity contribution in [3.05, 3.63) is 27.2 Å². The van der Waals surface area contributed by atoms with Crippen LogP contribution in [0.15, 0.2) is 6.07 Å². The SMILES string of the molecule is C[C@@H]1C(=O)c2c(cc(OCC(=O)O)c(Cl)c2Cl)[C@@H]1C. The fraction of sp³-hybridized carbons (Fsp3) is 0.385. The molecule has 0 aromatic heterocycles. The van der Waals surface area contributed by atoms with E-state index in [1.54, 1.807) is 6.07 Å². The number of aliphatic carboxylic acids is 1. The summed E-state index contributed by atoms with van der Waals surface area (Å²) in [6.45, 7) is 3.24. The van der Waals surface area contributed by atoms with Crippen molar-refractivity contribution in [3.63, 3.8) is 0 Å². The largest absolute Gasteiger partial charge is 0.480 e. The molecule has 1 aromatic carbocycles. The number of Topliss-reactive ketones (excluding diaryl/α,β-unsaturated/α-hetero) is 1. The second kappa shape index (κ2) is 5.02. The minimum Gasteiger partial charge on any atom is -0.480 e. The molecule has 0 amide bonds. The van der Waals surface area contributed by atoms with Crippen molar-refractivity contribution < 1.29 is 19.4 Å². The molecule has 0 heterocycles. The molecule has 19 heavy (non-hydrogen) atoms. The molecule has 0 spiro atoms. The fourth-order valence-corrected chi connectivity index (χ4v) is 2.70.